The van der Waals surface area contributed by atoms with Crippen LogP contribution in [0.5, 0.6) is 11.5 Å². The van der Waals surface area contributed by atoms with E-state index in [0.717, 1.165) is 56.0 Å². The largest absolute Gasteiger partial charge is 0.497 e. The number of piperidine rings is 1. The molecule has 5 heteroatoms. The lowest BCUT2D eigenvalue weighted by molar-refractivity contribution is -0.134. The van der Waals surface area contributed by atoms with Gasteiger partial charge < -0.3 is 19.7 Å². The van der Waals surface area contributed by atoms with Gasteiger partial charge in [0.1, 0.15) is 11.5 Å². The number of rotatable bonds is 8. The van der Waals surface area contributed by atoms with Crippen LogP contribution in [0.15, 0.2) is 18.2 Å². The first-order valence-corrected chi connectivity index (χ1v) is 8.90. The second-order valence-corrected chi connectivity index (χ2v) is 6.25. The third-order valence-corrected chi connectivity index (χ3v) is 4.63. The molecule has 0 unspecified atom stereocenters. The summed E-state index contributed by atoms with van der Waals surface area (Å²) in [6.07, 6.45) is 4.28. The van der Waals surface area contributed by atoms with Crippen LogP contribution in [0.25, 0.3) is 0 Å². The maximum Gasteiger partial charge on any atom is 0.223 e. The second-order valence-electron chi connectivity index (χ2n) is 6.25. The van der Waals surface area contributed by atoms with Crippen molar-refractivity contribution in [1.82, 2.24) is 10.2 Å². The predicted molar refractivity (Wildman–Crippen MR) is 95.8 cm³/mol. The molecule has 0 aromatic heterocycles. The number of benzene rings is 1. The summed E-state index contributed by atoms with van der Waals surface area (Å²) in [4.78, 5) is 14.9. The van der Waals surface area contributed by atoms with Crippen molar-refractivity contribution < 1.29 is 14.3 Å². The Balaban J connectivity index is 2.01. The highest BCUT2D eigenvalue weighted by Crippen LogP contribution is 2.25. The summed E-state index contributed by atoms with van der Waals surface area (Å²) in [5.74, 6) is 1.85. The molecule has 0 bridgehead atoms. The van der Waals surface area contributed by atoms with Gasteiger partial charge in [0.25, 0.3) is 0 Å². The van der Waals surface area contributed by atoms with Crippen molar-refractivity contribution in [3.05, 3.63) is 23.8 Å². The van der Waals surface area contributed by atoms with Gasteiger partial charge in [-0.15, -0.1) is 0 Å². The van der Waals surface area contributed by atoms with Crippen LogP contribution in [-0.2, 0) is 11.2 Å². The summed E-state index contributed by atoms with van der Waals surface area (Å²) >= 11 is 0. The Morgan fingerprint density at radius 2 is 2.00 bits per heavy atom. The Labute approximate surface area is 145 Å². The SMILES string of the molecule is CCCN(C(=O)CCc1cc(OC)ccc1OC)C1CCNCC1. The molecule has 1 amide bonds. The van der Waals surface area contributed by atoms with Gasteiger partial charge in [-0.05, 0) is 62.5 Å². The molecule has 24 heavy (non-hydrogen) atoms. The molecule has 2 rings (SSSR count). The smallest absolute Gasteiger partial charge is 0.223 e. The van der Waals surface area contributed by atoms with Gasteiger partial charge in [-0.2, -0.15) is 0 Å². The quantitative estimate of drug-likeness (QED) is 0.794. The Morgan fingerprint density at radius 3 is 2.62 bits per heavy atom. The standard InChI is InChI=1S/C19H30N2O3/c1-4-13-21(16-9-11-20-12-10-16)19(22)8-5-15-14-17(23-2)6-7-18(15)24-3/h6-7,14,16,20H,4-5,8-13H2,1-3H3. The topological polar surface area (TPSA) is 50.8 Å². The molecular formula is C19H30N2O3. The molecule has 0 radical (unpaired) electrons. The summed E-state index contributed by atoms with van der Waals surface area (Å²) in [6, 6.07) is 6.12. The average Bonchev–Trinajstić information content (AvgIpc) is 2.64. The minimum Gasteiger partial charge on any atom is -0.497 e. The number of hydrogen-bond acceptors (Lipinski definition) is 4. The number of carbonyl (C=O) groups is 1. The maximum atomic E-state index is 12.8. The molecule has 1 aliphatic rings. The van der Waals surface area contributed by atoms with Crippen molar-refractivity contribution in [2.24, 2.45) is 0 Å². The minimum absolute atomic E-state index is 0.244. The van der Waals surface area contributed by atoms with Gasteiger partial charge in [0.2, 0.25) is 5.91 Å². The van der Waals surface area contributed by atoms with Crippen LogP contribution in [0, 0.1) is 0 Å². The predicted octanol–water partition coefficient (Wildman–Crippen LogP) is 2.63. The Bertz CT molecular complexity index is 527. The van der Waals surface area contributed by atoms with E-state index in [9.17, 15) is 4.79 Å². The minimum atomic E-state index is 0.244. The van der Waals surface area contributed by atoms with E-state index in [-0.39, 0.29) is 5.91 Å². The van der Waals surface area contributed by atoms with Crippen molar-refractivity contribution in [2.45, 2.75) is 45.1 Å². The van der Waals surface area contributed by atoms with Crippen molar-refractivity contribution in [3.63, 3.8) is 0 Å². The fraction of sp³-hybridized carbons (Fsp3) is 0.632. The fourth-order valence-electron chi connectivity index (χ4n) is 3.33. The third-order valence-electron chi connectivity index (χ3n) is 4.63. The van der Waals surface area contributed by atoms with E-state index in [1.807, 2.05) is 18.2 Å². The number of methoxy groups -OCH3 is 2. The van der Waals surface area contributed by atoms with Crippen molar-refractivity contribution in [2.75, 3.05) is 33.9 Å². The molecule has 1 fully saturated rings. The van der Waals surface area contributed by atoms with Gasteiger partial charge in [0, 0.05) is 19.0 Å². The van der Waals surface area contributed by atoms with E-state index in [1.54, 1.807) is 14.2 Å². The van der Waals surface area contributed by atoms with Gasteiger partial charge in [-0.25, -0.2) is 0 Å². The lowest BCUT2D eigenvalue weighted by atomic mass is 10.0. The lowest BCUT2D eigenvalue weighted by Crippen LogP contribution is -2.46. The zero-order chi connectivity index (χ0) is 17.4. The molecule has 1 heterocycles. The Morgan fingerprint density at radius 1 is 1.25 bits per heavy atom. The second kappa shape index (κ2) is 9.52. The summed E-state index contributed by atoms with van der Waals surface area (Å²) in [7, 11) is 3.31. The molecule has 134 valence electrons. The normalized spacial score (nSPS) is 15.1. The summed E-state index contributed by atoms with van der Waals surface area (Å²) < 4.78 is 10.7. The third kappa shape index (κ3) is 4.87. The first kappa shape index (κ1) is 18.6. The highest BCUT2D eigenvalue weighted by atomic mass is 16.5. The van der Waals surface area contributed by atoms with Crippen LogP contribution in [-0.4, -0.2) is 50.7 Å². The number of amides is 1. The van der Waals surface area contributed by atoms with E-state index < -0.39 is 0 Å². The van der Waals surface area contributed by atoms with Gasteiger partial charge in [-0.3, -0.25) is 4.79 Å². The zero-order valence-electron chi connectivity index (χ0n) is 15.1. The number of aryl methyl sites for hydroxylation is 1. The van der Waals surface area contributed by atoms with Crippen molar-refractivity contribution >= 4 is 5.91 Å². The van der Waals surface area contributed by atoms with Crippen LogP contribution in [0.1, 0.15) is 38.2 Å². The van der Waals surface area contributed by atoms with Gasteiger partial charge in [-0.1, -0.05) is 6.92 Å². The maximum absolute atomic E-state index is 12.8. The molecule has 1 N–H and O–H groups in total. The molecule has 1 aliphatic heterocycles. The summed E-state index contributed by atoms with van der Waals surface area (Å²) in [5, 5.41) is 3.37. The van der Waals surface area contributed by atoms with E-state index in [0.29, 0.717) is 18.9 Å². The number of ether oxygens (including phenoxy) is 2. The molecule has 0 saturated carbocycles. The first-order valence-electron chi connectivity index (χ1n) is 8.90. The van der Waals surface area contributed by atoms with Crippen LogP contribution in [0.4, 0.5) is 0 Å². The summed E-state index contributed by atoms with van der Waals surface area (Å²) in [6.45, 7) is 4.98. The average molecular weight is 334 g/mol. The van der Waals surface area contributed by atoms with Gasteiger partial charge in [0.15, 0.2) is 0 Å². The van der Waals surface area contributed by atoms with Crippen molar-refractivity contribution in [1.29, 1.82) is 0 Å². The number of carbonyl (C=O) groups excluding carboxylic acids is 1. The van der Waals surface area contributed by atoms with Crippen LogP contribution < -0.4 is 14.8 Å². The molecule has 1 saturated heterocycles. The highest BCUT2D eigenvalue weighted by molar-refractivity contribution is 5.77. The molecule has 0 spiro atoms. The Kier molecular flexibility index (Phi) is 7.37. The van der Waals surface area contributed by atoms with E-state index >= 15 is 0 Å². The number of hydrogen-bond donors (Lipinski definition) is 1. The highest BCUT2D eigenvalue weighted by Gasteiger charge is 2.24. The Hall–Kier alpha value is -1.75. The monoisotopic (exact) mass is 334 g/mol. The van der Waals surface area contributed by atoms with Crippen LogP contribution in [0.2, 0.25) is 0 Å². The fourth-order valence-corrected chi connectivity index (χ4v) is 3.33. The number of nitrogens with one attached hydrogen (secondary N) is 1. The number of nitrogens with zero attached hydrogens (tertiary/aromatic N) is 1. The zero-order valence-corrected chi connectivity index (χ0v) is 15.1. The lowest BCUT2D eigenvalue weighted by Gasteiger charge is -2.34. The first-order chi connectivity index (χ1) is 11.7. The molecule has 1 aromatic carbocycles. The van der Waals surface area contributed by atoms with Gasteiger partial charge >= 0.3 is 0 Å². The molecule has 1 aromatic rings. The van der Waals surface area contributed by atoms with Crippen LogP contribution >= 0.6 is 0 Å². The molecule has 0 aliphatic carbocycles. The van der Waals surface area contributed by atoms with Gasteiger partial charge in [0.05, 0.1) is 14.2 Å². The van der Waals surface area contributed by atoms with Crippen molar-refractivity contribution in [3.8, 4) is 11.5 Å². The van der Waals surface area contributed by atoms with E-state index in [4.69, 9.17) is 9.47 Å². The van der Waals surface area contributed by atoms with E-state index in [2.05, 4.69) is 17.1 Å². The summed E-state index contributed by atoms with van der Waals surface area (Å²) in [5.41, 5.74) is 1.02. The molecule has 5 nitrogen and oxygen atoms in total. The molecular weight excluding hydrogens is 304 g/mol. The molecule has 0 atom stereocenters. The van der Waals surface area contributed by atoms with Crippen LogP contribution in [0.3, 0.4) is 0 Å². The van der Waals surface area contributed by atoms with E-state index in [1.165, 1.54) is 0 Å².